The smallest absolute Gasteiger partial charge is 0.239 e. The van der Waals surface area contributed by atoms with Gasteiger partial charge in [-0.25, -0.2) is 10.8 Å². The summed E-state index contributed by atoms with van der Waals surface area (Å²) in [6.07, 6.45) is 1.66. The number of nitrogens with one attached hydrogen (secondary N) is 2. The molecule has 0 saturated heterocycles. The first kappa shape index (κ1) is 12.7. The highest BCUT2D eigenvalue weighted by atomic mass is 15.3. The Morgan fingerprint density at radius 1 is 1.44 bits per heavy atom. The molecule has 16 heavy (non-hydrogen) atoms. The second-order valence-corrected chi connectivity index (χ2v) is 4.47. The van der Waals surface area contributed by atoms with Crippen molar-refractivity contribution in [3.8, 4) is 0 Å². The zero-order valence-corrected chi connectivity index (χ0v) is 10.3. The van der Waals surface area contributed by atoms with Crippen molar-refractivity contribution in [2.75, 3.05) is 31.4 Å². The van der Waals surface area contributed by atoms with Crippen molar-refractivity contribution in [3.05, 3.63) is 12.3 Å². The summed E-state index contributed by atoms with van der Waals surface area (Å²) in [4.78, 5) is 10.3. The van der Waals surface area contributed by atoms with E-state index in [-0.39, 0.29) is 5.54 Å². The van der Waals surface area contributed by atoms with Gasteiger partial charge in [0.25, 0.3) is 0 Å². The molecule has 0 radical (unpaired) electrons. The molecule has 0 aliphatic rings. The van der Waals surface area contributed by atoms with Gasteiger partial charge in [-0.2, -0.15) is 4.98 Å². The summed E-state index contributed by atoms with van der Waals surface area (Å²) in [5, 5.41) is 3.25. The normalized spacial score (nSPS) is 11.6. The number of nitrogens with two attached hydrogens (primary N) is 1. The Kier molecular flexibility index (Phi) is 4.03. The number of aromatic nitrogens is 2. The van der Waals surface area contributed by atoms with E-state index in [1.807, 2.05) is 6.07 Å². The molecule has 4 N–H and O–H groups in total. The molecule has 0 fully saturated rings. The molecule has 1 aromatic rings. The third-order valence-electron chi connectivity index (χ3n) is 2.70. The van der Waals surface area contributed by atoms with Gasteiger partial charge in [0, 0.05) is 18.3 Å². The van der Waals surface area contributed by atoms with E-state index in [0.717, 1.165) is 12.4 Å². The first-order chi connectivity index (χ1) is 7.45. The van der Waals surface area contributed by atoms with Crippen LogP contribution in [0.4, 0.5) is 11.8 Å². The molecule has 0 saturated carbocycles. The van der Waals surface area contributed by atoms with E-state index in [4.69, 9.17) is 5.84 Å². The first-order valence-electron chi connectivity index (χ1n) is 5.16. The van der Waals surface area contributed by atoms with Crippen LogP contribution in [-0.2, 0) is 0 Å². The SMILES string of the molecule is CN(C)C(C)(C)CNc1ccnc(NN)n1. The average Bonchev–Trinajstić information content (AvgIpc) is 2.26. The molecule has 0 amide bonds. The molecule has 90 valence electrons. The van der Waals surface area contributed by atoms with E-state index in [9.17, 15) is 0 Å². The molecule has 0 aliphatic carbocycles. The topological polar surface area (TPSA) is 79.1 Å². The van der Waals surface area contributed by atoms with Gasteiger partial charge < -0.3 is 10.2 Å². The number of rotatable bonds is 5. The van der Waals surface area contributed by atoms with E-state index in [2.05, 4.69) is 53.6 Å². The second-order valence-electron chi connectivity index (χ2n) is 4.47. The molecule has 6 heteroatoms. The molecule has 0 unspecified atom stereocenters. The Labute approximate surface area is 96.2 Å². The molecular formula is C10H20N6. The fourth-order valence-corrected chi connectivity index (χ4v) is 0.992. The highest BCUT2D eigenvalue weighted by Gasteiger charge is 2.19. The van der Waals surface area contributed by atoms with Crippen molar-refractivity contribution in [3.63, 3.8) is 0 Å². The fraction of sp³-hybridized carbons (Fsp3) is 0.600. The summed E-state index contributed by atoms with van der Waals surface area (Å²) >= 11 is 0. The number of anilines is 2. The predicted molar refractivity (Wildman–Crippen MR) is 66.1 cm³/mol. The molecule has 0 aliphatic heterocycles. The Hall–Kier alpha value is -1.40. The number of nitrogens with zero attached hydrogens (tertiary/aromatic N) is 3. The Morgan fingerprint density at radius 3 is 2.69 bits per heavy atom. The van der Waals surface area contributed by atoms with Gasteiger partial charge >= 0.3 is 0 Å². The van der Waals surface area contributed by atoms with Crippen LogP contribution in [0.15, 0.2) is 12.3 Å². The van der Waals surface area contributed by atoms with E-state index in [1.165, 1.54) is 0 Å². The summed E-state index contributed by atoms with van der Waals surface area (Å²) in [5.41, 5.74) is 2.47. The van der Waals surface area contributed by atoms with E-state index in [1.54, 1.807) is 6.20 Å². The van der Waals surface area contributed by atoms with Crippen molar-refractivity contribution >= 4 is 11.8 Å². The minimum Gasteiger partial charge on any atom is -0.368 e. The highest BCUT2D eigenvalue weighted by molar-refractivity contribution is 5.39. The number of likely N-dealkylation sites (N-methyl/N-ethyl adjacent to an activating group) is 1. The van der Waals surface area contributed by atoms with Crippen LogP contribution in [0.25, 0.3) is 0 Å². The zero-order chi connectivity index (χ0) is 12.2. The lowest BCUT2D eigenvalue weighted by Gasteiger charge is -2.32. The van der Waals surface area contributed by atoms with Crippen LogP contribution >= 0.6 is 0 Å². The van der Waals surface area contributed by atoms with Gasteiger partial charge in [0.2, 0.25) is 5.95 Å². The Morgan fingerprint density at radius 2 is 2.12 bits per heavy atom. The van der Waals surface area contributed by atoms with Crippen molar-refractivity contribution in [2.24, 2.45) is 5.84 Å². The summed E-state index contributed by atoms with van der Waals surface area (Å²) in [7, 11) is 4.10. The van der Waals surface area contributed by atoms with Gasteiger partial charge in [-0.3, -0.25) is 5.43 Å². The lowest BCUT2D eigenvalue weighted by atomic mass is 10.0. The zero-order valence-electron chi connectivity index (χ0n) is 10.3. The molecule has 0 aromatic carbocycles. The predicted octanol–water partition coefficient (Wildman–Crippen LogP) is 0.514. The molecule has 1 rings (SSSR count). The van der Waals surface area contributed by atoms with Crippen LogP contribution in [-0.4, -0.2) is 41.0 Å². The maximum atomic E-state index is 5.24. The number of hydrazine groups is 1. The summed E-state index contributed by atoms with van der Waals surface area (Å²) in [6.45, 7) is 5.10. The maximum absolute atomic E-state index is 5.24. The molecule has 0 atom stereocenters. The van der Waals surface area contributed by atoms with Crippen LogP contribution < -0.4 is 16.6 Å². The first-order valence-corrected chi connectivity index (χ1v) is 5.16. The Balaban J connectivity index is 2.60. The van der Waals surface area contributed by atoms with Crippen LogP contribution in [0.5, 0.6) is 0 Å². The molecular weight excluding hydrogens is 204 g/mol. The van der Waals surface area contributed by atoms with E-state index >= 15 is 0 Å². The van der Waals surface area contributed by atoms with Gasteiger partial charge in [0.15, 0.2) is 0 Å². The molecule has 0 bridgehead atoms. The monoisotopic (exact) mass is 224 g/mol. The standard InChI is InChI=1S/C10H20N6/c1-10(2,16(3)4)7-13-8-5-6-12-9(14-8)15-11/h5-6H,7,11H2,1-4H3,(H2,12,13,14,15). The quantitative estimate of drug-likeness (QED) is 0.500. The van der Waals surface area contributed by atoms with Gasteiger partial charge in [-0.1, -0.05) is 0 Å². The summed E-state index contributed by atoms with van der Waals surface area (Å²) < 4.78 is 0. The van der Waals surface area contributed by atoms with E-state index < -0.39 is 0 Å². The molecule has 6 nitrogen and oxygen atoms in total. The fourth-order valence-electron chi connectivity index (χ4n) is 0.992. The summed E-state index contributed by atoms with van der Waals surface area (Å²) in [5.74, 6) is 6.41. The van der Waals surface area contributed by atoms with Crippen molar-refractivity contribution in [2.45, 2.75) is 19.4 Å². The number of hydrogen-bond donors (Lipinski definition) is 3. The minimum atomic E-state index is 0.0568. The lowest BCUT2D eigenvalue weighted by Crippen LogP contribution is -2.44. The van der Waals surface area contributed by atoms with Crippen LogP contribution in [0.2, 0.25) is 0 Å². The van der Waals surface area contributed by atoms with Gasteiger partial charge in [-0.05, 0) is 34.0 Å². The van der Waals surface area contributed by atoms with Crippen molar-refractivity contribution in [1.29, 1.82) is 0 Å². The van der Waals surface area contributed by atoms with E-state index in [0.29, 0.717) is 5.95 Å². The minimum absolute atomic E-state index is 0.0568. The third kappa shape index (κ3) is 3.32. The van der Waals surface area contributed by atoms with Gasteiger partial charge in [0.1, 0.15) is 5.82 Å². The lowest BCUT2D eigenvalue weighted by molar-refractivity contribution is 0.210. The number of nitrogen functional groups attached to an aromatic ring is 1. The van der Waals surface area contributed by atoms with Gasteiger partial charge in [0.05, 0.1) is 0 Å². The molecule has 1 aromatic heterocycles. The number of hydrogen-bond acceptors (Lipinski definition) is 6. The van der Waals surface area contributed by atoms with Gasteiger partial charge in [-0.15, -0.1) is 0 Å². The van der Waals surface area contributed by atoms with Crippen LogP contribution in [0.1, 0.15) is 13.8 Å². The summed E-state index contributed by atoms with van der Waals surface area (Å²) in [6, 6.07) is 1.81. The van der Waals surface area contributed by atoms with Crippen LogP contribution in [0, 0.1) is 0 Å². The maximum Gasteiger partial charge on any atom is 0.239 e. The van der Waals surface area contributed by atoms with Crippen LogP contribution in [0.3, 0.4) is 0 Å². The average molecular weight is 224 g/mol. The second kappa shape index (κ2) is 5.09. The molecule has 1 heterocycles. The highest BCUT2D eigenvalue weighted by Crippen LogP contribution is 2.12. The molecule has 0 spiro atoms. The van der Waals surface area contributed by atoms with Crippen molar-refractivity contribution < 1.29 is 0 Å². The third-order valence-corrected chi connectivity index (χ3v) is 2.70. The Bertz CT molecular complexity index is 336. The van der Waals surface area contributed by atoms with Crippen molar-refractivity contribution in [1.82, 2.24) is 14.9 Å². The largest absolute Gasteiger partial charge is 0.368 e.